The van der Waals surface area contributed by atoms with Crippen LogP contribution in [0.1, 0.15) is 41.4 Å². The number of hydrogen-bond acceptors (Lipinski definition) is 2. The van der Waals surface area contributed by atoms with Crippen LogP contribution in [0.25, 0.3) is 0 Å². The van der Waals surface area contributed by atoms with E-state index < -0.39 is 0 Å². The highest BCUT2D eigenvalue weighted by Crippen LogP contribution is 2.38. The highest BCUT2D eigenvalue weighted by atomic mass is 16.5. The maximum atomic E-state index is 5.26. The minimum atomic E-state index is 0.840. The van der Waals surface area contributed by atoms with Gasteiger partial charge >= 0.3 is 0 Å². The van der Waals surface area contributed by atoms with Crippen LogP contribution in [0.2, 0.25) is 0 Å². The van der Waals surface area contributed by atoms with Gasteiger partial charge in [0.1, 0.15) is 5.75 Å². The second-order valence-corrected chi connectivity index (χ2v) is 8.15. The summed E-state index contributed by atoms with van der Waals surface area (Å²) < 4.78 is 5.26. The molecule has 1 aliphatic heterocycles. The van der Waals surface area contributed by atoms with Crippen molar-refractivity contribution in [1.29, 1.82) is 0 Å². The Morgan fingerprint density at radius 3 is 2.69 bits per heavy atom. The molecule has 26 heavy (non-hydrogen) atoms. The number of methoxy groups -OCH3 is 1. The molecule has 1 fully saturated rings. The van der Waals surface area contributed by atoms with E-state index in [0.717, 1.165) is 30.4 Å². The number of aryl methyl sites for hydroxylation is 1. The molecule has 140 valence electrons. The molecule has 1 N–H and O–H groups in total. The predicted molar refractivity (Wildman–Crippen MR) is 107 cm³/mol. The van der Waals surface area contributed by atoms with Gasteiger partial charge in [-0.2, -0.15) is 0 Å². The van der Waals surface area contributed by atoms with Crippen molar-refractivity contribution in [3.05, 3.63) is 52.3 Å². The normalized spacial score (nSPS) is 22.7. The van der Waals surface area contributed by atoms with Gasteiger partial charge in [0, 0.05) is 24.5 Å². The number of likely N-dealkylation sites (tertiary alicyclic amines) is 1. The van der Waals surface area contributed by atoms with Gasteiger partial charge in [0.05, 0.1) is 7.11 Å². The van der Waals surface area contributed by atoms with Crippen LogP contribution in [0, 0.1) is 18.8 Å². The molecule has 3 heteroatoms. The lowest BCUT2D eigenvalue weighted by molar-refractivity contribution is 0.112. The number of nitrogens with zero attached hydrogens (tertiary/aromatic N) is 1. The summed E-state index contributed by atoms with van der Waals surface area (Å²) in [4.78, 5) is 6.39. The Kier molecular flexibility index (Phi) is 5.08. The van der Waals surface area contributed by atoms with Gasteiger partial charge in [-0.3, -0.25) is 0 Å². The first-order valence-electron chi connectivity index (χ1n) is 10.2. The summed E-state index contributed by atoms with van der Waals surface area (Å²) in [5.41, 5.74) is 7.62. The van der Waals surface area contributed by atoms with Crippen molar-refractivity contribution < 1.29 is 4.74 Å². The zero-order valence-corrected chi connectivity index (χ0v) is 16.5. The number of benzene rings is 1. The topological polar surface area (TPSA) is 28.3 Å². The number of rotatable bonds is 5. The molecule has 0 saturated carbocycles. The van der Waals surface area contributed by atoms with E-state index in [0.29, 0.717) is 0 Å². The van der Waals surface area contributed by atoms with Crippen molar-refractivity contribution in [1.82, 2.24) is 9.88 Å². The lowest BCUT2D eigenvalue weighted by Gasteiger charge is -2.41. The number of ether oxygens (including phenoxy) is 1. The Balaban J connectivity index is 1.37. The van der Waals surface area contributed by atoms with Crippen molar-refractivity contribution in [2.45, 2.75) is 46.0 Å². The Morgan fingerprint density at radius 1 is 1.15 bits per heavy atom. The molecule has 2 aromatic rings. The molecular formula is C23H32N2O. The van der Waals surface area contributed by atoms with Crippen LogP contribution in [0.4, 0.5) is 0 Å². The van der Waals surface area contributed by atoms with Crippen molar-refractivity contribution in [3.63, 3.8) is 0 Å². The summed E-state index contributed by atoms with van der Waals surface area (Å²) in [6.07, 6.45) is 6.21. The predicted octanol–water partition coefficient (Wildman–Crippen LogP) is 4.17. The zero-order chi connectivity index (χ0) is 18.1. The molecule has 2 aliphatic rings. The van der Waals surface area contributed by atoms with Crippen molar-refractivity contribution in [2.24, 2.45) is 11.8 Å². The molecule has 2 unspecified atom stereocenters. The SMILES string of the molecule is CCc1c(C)[nH]c2c1CC1CN(CCc3ccc(OC)cc3)CCC1C2. The number of nitrogens with one attached hydrogen (secondary N) is 1. The summed E-state index contributed by atoms with van der Waals surface area (Å²) in [7, 11) is 1.73. The van der Waals surface area contributed by atoms with Crippen molar-refractivity contribution >= 4 is 0 Å². The van der Waals surface area contributed by atoms with Gasteiger partial charge in [-0.05, 0) is 86.2 Å². The second-order valence-electron chi connectivity index (χ2n) is 8.15. The van der Waals surface area contributed by atoms with E-state index in [4.69, 9.17) is 4.74 Å². The van der Waals surface area contributed by atoms with Crippen molar-refractivity contribution in [3.8, 4) is 5.75 Å². The molecule has 1 aromatic carbocycles. The smallest absolute Gasteiger partial charge is 0.118 e. The fourth-order valence-electron chi connectivity index (χ4n) is 5.15. The average Bonchev–Trinajstić information content (AvgIpc) is 2.98. The summed E-state index contributed by atoms with van der Waals surface area (Å²) in [5, 5.41) is 0. The minimum absolute atomic E-state index is 0.840. The van der Waals surface area contributed by atoms with E-state index in [1.807, 2.05) is 0 Å². The van der Waals surface area contributed by atoms with E-state index >= 15 is 0 Å². The van der Waals surface area contributed by atoms with E-state index in [1.165, 1.54) is 50.2 Å². The molecule has 4 rings (SSSR count). The number of hydrogen-bond donors (Lipinski definition) is 1. The van der Waals surface area contributed by atoms with Crippen LogP contribution < -0.4 is 4.74 Å². The Morgan fingerprint density at radius 2 is 1.96 bits per heavy atom. The quantitative estimate of drug-likeness (QED) is 0.875. The summed E-state index contributed by atoms with van der Waals surface area (Å²) in [6.45, 7) is 8.25. The van der Waals surface area contributed by atoms with Crippen LogP contribution in [-0.4, -0.2) is 36.6 Å². The van der Waals surface area contributed by atoms with Gasteiger partial charge in [-0.15, -0.1) is 0 Å². The number of piperidine rings is 1. The zero-order valence-electron chi connectivity index (χ0n) is 16.5. The molecule has 2 atom stereocenters. The van der Waals surface area contributed by atoms with E-state index in [9.17, 15) is 0 Å². The van der Waals surface area contributed by atoms with Gasteiger partial charge in [0.2, 0.25) is 0 Å². The molecule has 3 nitrogen and oxygen atoms in total. The first-order chi connectivity index (χ1) is 12.7. The fraction of sp³-hybridized carbons (Fsp3) is 0.565. The summed E-state index contributed by atoms with van der Waals surface area (Å²) >= 11 is 0. The maximum absolute atomic E-state index is 5.26. The second kappa shape index (κ2) is 7.48. The third-order valence-electron chi connectivity index (χ3n) is 6.66. The lowest BCUT2D eigenvalue weighted by atomic mass is 9.73. The highest BCUT2D eigenvalue weighted by molar-refractivity contribution is 5.39. The van der Waals surface area contributed by atoms with Crippen molar-refractivity contribution in [2.75, 3.05) is 26.7 Å². The molecule has 1 aliphatic carbocycles. The average molecular weight is 353 g/mol. The molecule has 1 saturated heterocycles. The van der Waals surface area contributed by atoms with E-state index in [-0.39, 0.29) is 0 Å². The minimum Gasteiger partial charge on any atom is -0.497 e. The Hall–Kier alpha value is -1.74. The van der Waals surface area contributed by atoms with Gasteiger partial charge in [0.25, 0.3) is 0 Å². The monoisotopic (exact) mass is 352 g/mol. The number of fused-ring (bicyclic) bond motifs is 2. The highest BCUT2D eigenvalue weighted by Gasteiger charge is 2.35. The third kappa shape index (κ3) is 3.42. The largest absolute Gasteiger partial charge is 0.497 e. The standard InChI is InChI=1S/C23H32N2O/c1-4-21-16(2)24-23-14-18-10-12-25(15-19(18)13-22(21)23)11-9-17-5-7-20(26-3)8-6-17/h5-8,18-19,24H,4,9-15H2,1-3H3. The molecule has 0 radical (unpaired) electrons. The molecule has 0 spiro atoms. The summed E-state index contributed by atoms with van der Waals surface area (Å²) in [6, 6.07) is 8.55. The summed E-state index contributed by atoms with van der Waals surface area (Å²) in [5.74, 6) is 2.66. The van der Waals surface area contributed by atoms with Gasteiger partial charge in [-0.1, -0.05) is 19.1 Å². The first kappa shape index (κ1) is 17.7. The molecule has 0 amide bonds. The number of H-pyrrole nitrogens is 1. The molecule has 2 heterocycles. The van der Waals surface area contributed by atoms with Crippen LogP contribution in [0.3, 0.4) is 0 Å². The Bertz CT molecular complexity index is 746. The van der Waals surface area contributed by atoms with Crippen LogP contribution in [-0.2, 0) is 25.7 Å². The number of aromatic nitrogens is 1. The van der Waals surface area contributed by atoms with Crippen LogP contribution in [0.5, 0.6) is 5.75 Å². The van der Waals surface area contributed by atoms with Gasteiger partial charge < -0.3 is 14.6 Å². The molecular weight excluding hydrogens is 320 g/mol. The van der Waals surface area contributed by atoms with Crippen LogP contribution in [0.15, 0.2) is 24.3 Å². The van der Waals surface area contributed by atoms with Crippen LogP contribution >= 0.6 is 0 Å². The van der Waals surface area contributed by atoms with Gasteiger partial charge in [-0.25, -0.2) is 0 Å². The molecule has 0 bridgehead atoms. The first-order valence-corrected chi connectivity index (χ1v) is 10.2. The Labute approximate surface area is 157 Å². The lowest BCUT2D eigenvalue weighted by Crippen LogP contribution is -2.44. The van der Waals surface area contributed by atoms with E-state index in [2.05, 4.69) is 48.0 Å². The van der Waals surface area contributed by atoms with Gasteiger partial charge in [0.15, 0.2) is 0 Å². The van der Waals surface area contributed by atoms with E-state index in [1.54, 1.807) is 23.9 Å². The fourth-order valence-corrected chi connectivity index (χ4v) is 5.15. The number of aromatic amines is 1. The molecule has 1 aromatic heterocycles. The maximum Gasteiger partial charge on any atom is 0.118 e. The third-order valence-corrected chi connectivity index (χ3v) is 6.66.